The average molecular weight is 669 g/mol. The molecule has 0 unspecified atom stereocenters. The summed E-state index contributed by atoms with van der Waals surface area (Å²) in [5.41, 5.74) is 10.4. The number of para-hydroxylation sites is 2. The summed E-state index contributed by atoms with van der Waals surface area (Å²) in [5.74, 6) is 2.40. The van der Waals surface area contributed by atoms with Crippen molar-refractivity contribution in [3.8, 4) is 45.3 Å². The molecule has 4 nitrogen and oxygen atoms in total. The highest BCUT2D eigenvalue weighted by atomic mass is 32.1. The quantitative estimate of drug-likeness (QED) is 0.176. The molecule has 2 aromatic heterocycles. The van der Waals surface area contributed by atoms with Crippen LogP contribution in [0, 0.1) is 0 Å². The van der Waals surface area contributed by atoms with Crippen molar-refractivity contribution >= 4 is 44.1 Å². The number of rotatable bonds is 3. The van der Waals surface area contributed by atoms with Gasteiger partial charge < -0.3 is 9.30 Å². The van der Waals surface area contributed by atoms with Crippen LogP contribution in [0.3, 0.4) is 0 Å². The number of ether oxygens (including phenoxy) is 1. The molecule has 1 aliphatic heterocycles. The molecule has 8 aromatic rings. The summed E-state index contributed by atoms with van der Waals surface area (Å²) >= 11 is 1.74. The van der Waals surface area contributed by atoms with E-state index >= 15 is 0 Å². The highest BCUT2D eigenvalue weighted by Crippen LogP contribution is 2.62. The molecule has 0 amide bonds. The van der Waals surface area contributed by atoms with Crippen LogP contribution in [0.5, 0.6) is 11.5 Å². The molecule has 0 saturated carbocycles. The third kappa shape index (κ3) is 4.07. The van der Waals surface area contributed by atoms with Crippen molar-refractivity contribution in [2.24, 2.45) is 0 Å². The highest BCUT2D eigenvalue weighted by molar-refractivity contribution is 7.70. The monoisotopic (exact) mass is 668 g/mol. The first-order valence-corrected chi connectivity index (χ1v) is 19.8. The van der Waals surface area contributed by atoms with Crippen molar-refractivity contribution in [1.29, 1.82) is 0 Å². The van der Waals surface area contributed by atoms with Crippen LogP contribution >= 0.6 is 18.5 Å². The zero-order chi connectivity index (χ0) is 32.9. The fourth-order valence-corrected chi connectivity index (χ4v) is 9.91. The second-order valence-corrected chi connectivity index (χ2v) is 17.5. The predicted octanol–water partition coefficient (Wildman–Crippen LogP) is 10.9. The van der Waals surface area contributed by atoms with Crippen molar-refractivity contribution in [1.82, 2.24) is 9.97 Å². The van der Waals surface area contributed by atoms with Crippen molar-refractivity contribution in [3.63, 3.8) is 0 Å². The standard InChI is InChI=1S/C43H29N2O2PS/c1-48(2,46)28-22-19-26(20-23-28)42-44-39(41-40(45-42)31-12-4-10-18-38(31)49-41)27-21-24-30-29-11-3-5-13-32(29)43(35(30)25-27)33-14-6-8-16-36(33)47-37-17-9-7-15-34(37)43/h3-25H,1-2H3. The second kappa shape index (κ2) is 10.3. The molecule has 1 spiro atoms. The molecule has 6 heteroatoms. The molecule has 2 aliphatic rings. The summed E-state index contributed by atoms with van der Waals surface area (Å²) in [5, 5.41) is 1.96. The number of fused-ring (bicyclic) bond motifs is 12. The van der Waals surface area contributed by atoms with Gasteiger partial charge in [0.15, 0.2) is 5.82 Å². The first-order valence-electron chi connectivity index (χ1n) is 16.4. The summed E-state index contributed by atoms with van der Waals surface area (Å²) in [6.45, 7) is 3.60. The minimum absolute atomic E-state index is 0.563. The molecule has 0 radical (unpaired) electrons. The van der Waals surface area contributed by atoms with E-state index in [1.165, 1.54) is 27.0 Å². The zero-order valence-electron chi connectivity index (χ0n) is 26.8. The Hall–Kier alpha value is -5.35. The van der Waals surface area contributed by atoms with Crippen LogP contribution in [0.25, 0.3) is 54.1 Å². The molecule has 3 heterocycles. The van der Waals surface area contributed by atoms with Gasteiger partial charge in [-0.3, -0.25) is 0 Å². The van der Waals surface area contributed by atoms with E-state index < -0.39 is 12.6 Å². The van der Waals surface area contributed by atoms with Crippen molar-refractivity contribution in [3.05, 3.63) is 162 Å². The molecule has 10 rings (SSSR count). The Morgan fingerprint density at radius 2 is 1.22 bits per heavy atom. The van der Waals surface area contributed by atoms with Gasteiger partial charge in [0.2, 0.25) is 0 Å². The number of nitrogens with zero attached hydrogens (tertiary/aromatic N) is 2. The largest absolute Gasteiger partial charge is 0.457 e. The number of hydrogen-bond donors (Lipinski definition) is 0. The van der Waals surface area contributed by atoms with Crippen LogP contribution in [0.15, 0.2) is 140 Å². The first kappa shape index (κ1) is 28.6. The normalized spacial score (nSPS) is 13.9. The minimum Gasteiger partial charge on any atom is -0.457 e. The maximum absolute atomic E-state index is 12.8. The Morgan fingerprint density at radius 1 is 0.612 bits per heavy atom. The Labute approximate surface area is 288 Å². The van der Waals surface area contributed by atoms with E-state index in [2.05, 4.69) is 103 Å². The third-order valence-electron chi connectivity index (χ3n) is 10.1. The molecule has 234 valence electrons. The predicted molar refractivity (Wildman–Crippen MR) is 202 cm³/mol. The first-order chi connectivity index (χ1) is 23.9. The average Bonchev–Trinajstić information content (AvgIpc) is 3.65. The van der Waals surface area contributed by atoms with Gasteiger partial charge in [0.05, 0.1) is 21.3 Å². The van der Waals surface area contributed by atoms with Crippen LogP contribution < -0.4 is 10.0 Å². The Kier molecular flexibility index (Phi) is 6.04. The van der Waals surface area contributed by atoms with E-state index in [4.69, 9.17) is 14.7 Å². The lowest BCUT2D eigenvalue weighted by atomic mass is 9.66. The summed E-state index contributed by atoms with van der Waals surface area (Å²) in [7, 11) is -2.39. The number of hydrogen-bond acceptors (Lipinski definition) is 5. The van der Waals surface area contributed by atoms with E-state index in [-0.39, 0.29) is 0 Å². The van der Waals surface area contributed by atoms with E-state index in [9.17, 15) is 4.57 Å². The number of thiophene rings is 1. The van der Waals surface area contributed by atoms with Crippen molar-refractivity contribution < 1.29 is 9.30 Å². The lowest BCUT2D eigenvalue weighted by molar-refractivity contribution is 0.436. The molecule has 0 atom stereocenters. The summed E-state index contributed by atoms with van der Waals surface area (Å²) in [6.07, 6.45) is 0. The molecular formula is C43H29N2O2PS. The van der Waals surface area contributed by atoms with Gasteiger partial charge in [-0.25, -0.2) is 9.97 Å². The van der Waals surface area contributed by atoms with Gasteiger partial charge in [0.25, 0.3) is 0 Å². The minimum atomic E-state index is -2.39. The van der Waals surface area contributed by atoms with Crippen molar-refractivity contribution in [2.45, 2.75) is 5.41 Å². The van der Waals surface area contributed by atoms with Crippen LogP contribution in [0.2, 0.25) is 0 Å². The molecule has 1 aliphatic carbocycles. The third-order valence-corrected chi connectivity index (χ3v) is 12.8. The lowest BCUT2D eigenvalue weighted by Gasteiger charge is -2.39. The lowest BCUT2D eigenvalue weighted by Crippen LogP contribution is -2.32. The molecule has 0 fully saturated rings. The van der Waals surface area contributed by atoms with E-state index in [1.54, 1.807) is 24.7 Å². The molecule has 0 bridgehead atoms. The smallest absolute Gasteiger partial charge is 0.160 e. The Bertz CT molecular complexity index is 2660. The summed E-state index contributed by atoms with van der Waals surface area (Å²) in [4.78, 5) is 10.5. The van der Waals surface area contributed by atoms with Gasteiger partial charge in [-0.15, -0.1) is 11.3 Å². The summed E-state index contributed by atoms with van der Waals surface area (Å²) < 4.78 is 21.6. The van der Waals surface area contributed by atoms with Gasteiger partial charge in [-0.1, -0.05) is 115 Å². The highest BCUT2D eigenvalue weighted by Gasteiger charge is 2.51. The Morgan fingerprint density at radius 3 is 1.96 bits per heavy atom. The van der Waals surface area contributed by atoms with E-state index in [1.807, 2.05) is 36.4 Å². The number of benzene rings is 6. The van der Waals surface area contributed by atoms with Gasteiger partial charge in [0.1, 0.15) is 18.6 Å². The molecule has 0 N–H and O–H groups in total. The number of aromatic nitrogens is 2. The SMILES string of the molecule is CP(C)(=O)c1ccc(-c2nc(-c3ccc4c(c3)C3(c5ccccc5Oc5ccccc53)c3ccccc3-4)c3sc4ccccc4c3n2)cc1. The van der Waals surface area contributed by atoms with Crippen LogP contribution in [-0.4, -0.2) is 23.3 Å². The van der Waals surface area contributed by atoms with E-state index in [0.29, 0.717) is 5.82 Å². The maximum Gasteiger partial charge on any atom is 0.160 e. The van der Waals surface area contributed by atoms with Gasteiger partial charge in [0, 0.05) is 37.6 Å². The fourth-order valence-electron chi connectivity index (χ4n) is 7.89. The van der Waals surface area contributed by atoms with Crippen LogP contribution in [-0.2, 0) is 9.98 Å². The van der Waals surface area contributed by atoms with Gasteiger partial charge >= 0.3 is 0 Å². The maximum atomic E-state index is 12.8. The molecule has 0 saturated heterocycles. The van der Waals surface area contributed by atoms with E-state index in [0.717, 1.165) is 60.4 Å². The fraction of sp³-hybridized carbons (Fsp3) is 0.0698. The zero-order valence-corrected chi connectivity index (χ0v) is 28.6. The summed E-state index contributed by atoms with van der Waals surface area (Å²) in [6, 6.07) is 48.9. The van der Waals surface area contributed by atoms with Gasteiger partial charge in [-0.2, -0.15) is 0 Å². The molecular weight excluding hydrogens is 640 g/mol. The molecule has 49 heavy (non-hydrogen) atoms. The second-order valence-electron chi connectivity index (χ2n) is 13.2. The van der Waals surface area contributed by atoms with Gasteiger partial charge in [-0.05, 0) is 59.8 Å². The molecule has 6 aromatic carbocycles. The Balaban J connectivity index is 1.27. The van der Waals surface area contributed by atoms with Crippen molar-refractivity contribution in [2.75, 3.05) is 13.3 Å². The topological polar surface area (TPSA) is 52.1 Å². The van der Waals surface area contributed by atoms with Crippen LogP contribution in [0.4, 0.5) is 0 Å². The van der Waals surface area contributed by atoms with Crippen LogP contribution in [0.1, 0.15) is 22.3 Å².